The van der Waals surface area contributed by atoms with E-state index in [4.69, 9.17) is 0 Å². The summed E-state index contributed by atoms with van der Waals surface area (Å²) in [7, 11) is 0. The van der Waals surface area contributed by atoms with Crippen molar-refractivity contribution >= 4 is 29.2 Å². The Bertz CT molecular complexity index is 2330. The second-order valence-electron chi connectivity index (χ2n) is 13.4. The third-order valence-corrected chi connectivity index (χ3v) is 9.15. The molecule has 0 radical (unpaired) electrons. The highest BCUT2D eigenvalue weighted by molar-refractivity contribution is 6.08. The molecule has 0 aromatic heterocycles. The van der Waals surface area contributed by atoms with Crippen LogP contribution in [0.1, 0.15) is 70.0 Å². The van der Waals surface area contributed by atoms with E-state index in [1.54, 1.807) is 54.6 Å². The van der Waals surface area contributed by atoms with Gasteiger partial charge in [0.1, 0.15) is 0 Å². The van der Waals surface area contributed by atoms with Gasteiger partial charge in [0.2, 0.25) is 0 Å². The number of carboxylic acids is 1. The van der Waals surface area contributed by atoms with E-state index in [1.807, 2.05) is 43.3 Å². The Morgan fingerprint density at radius 3 is 1.26 bits per heavy atom. The summed E-state index contributed by atoms with van der Waals surface area (Å²) in [6.45, 7) is 1.92. The van der Waals surface area contributed by atoms with Crippen molar-refractivity contribution in [3.8, 4) is 0 Å². The maximum atomic E-state index is 12.7. The Morgan fingerprint density at radius 2 is 0.845 bits per heavy atom. The monoisotopic (exact) mass is 796 g/mol. The van der Waals surface area contributed by atoms with Crippen LogP contribution in [0.2, 0.25) is 0 Å². The Labute approximate surface area is 331 Å². The summed E-state index contributed by atoms with van der Waals surface area (Å²) >= 11 is 0. The maximum absolute atomic E-state index is 12.7. The summed E-state index contributed by atoms with van der Waals surface area (Å²) in [5.41, 5.74) is 4.75. The van der Waals surface area contributed by atoms with E-state index in [9.17, 15) is 45.8 Å². The number of hydrogen-bond acceptors (Lipinski definition) is 3. The van der Waals surface area contributed by atoms with Gasteiger partial charge in [-0.1, -0.05) is 78.9 Å². The number of aryl methyl sites for hydroxylation is 5. The third kappa shape index (κ3) is 12.2. The van der Waals surface area contributed by atoms with Crippen molar-refractivity contribution in [2.45, 2.75) is 45.0 Å². The minimum absolute atomic E-state index is 0.0439. The number of carbonyl (C=O) groups is 3. The van der Waals surface area contributed by atoms with Crippen LogP contribution in [0.5, 0.6) is 0 Å². The summed E-state index contributed by atoms with van der Waals surface area (Å²) in [5.74, 6) is -1.78. The Morgan fingerprint density at radius 1 is 0.483 bits per heavy atom. The Kier molecular flexibility index (Phi) is 13.9. The van der Waals surface area contributed by atoms with Gasteiger partial charge in [-0.25, -0.2) is 4.79 Å². The fraction of sp³-hybridized carbons (Fsp3) is 0.152. The molecule has 0 heterocycles. The van der Waals surface area contributed by atoms with E-state index in [0.717, 1.165) is 57.8 Å². The lowest BCUT2D eigenvalue weighted by molar-refractivity contribution is -0.138. The first kappa shape index (κ1) is 42.5. The van der Waals surface area contributed by atoms with Crippen LogP contribution in [0.3, 0.4) is 0 Å². The molecule has 0 aliphatic carbocycles. The first-order chi connectivity index (χ1) is 27.6. The highest BCUT2D eigenvalue weighted by Crippen LogP contribution is 2.31. The summed E-state index contributed by atoms with van der Waals surface area (Å²) in [4.78, 5) is 36.3. The lowest BCUT2D eigenvalue weighted by Gasteiger charge is -2.12. The molecule has 0 saturated carbocycles. The van der Waals surface area contributed by atoms with Crippen LogP contribution >= 0.6 is 0 Å². The number of nitrogens with one attached hydrogen (secondary N) is 2. The first-order valence-corrected chi connectivity index (χ1v) is 18.1. The minimum atomic E-state index is -4.38. The molecule has 6 nitrogen and oxygen atoms in total. The SMILES string of the molecule is Cc1ccc(CCc2ccc(C(F)(F)F)cc2)cc1NC(=O)c1ccccc1.O=C(Nc1cc(CCc2ccc(C(F)(F)F)cc2)ccc1C(=O)O)c1ccccc1. The van der Waals surface area contributed by atoms with Crippen LogP contribution in [-0.2, 0) is 38.0 Å². The molecular weight excluding hydrogens is 759 g/mol. The lowest BCUT2D eigenvalue weighted by Crippen LogP contribution is -2.15. The number of alkyl halides is 6. The van der Waals surface area contributed by atoms with Gasteiger partial charge in [-0.2, -0.15) is 26.3 Å². The van der Waals surface area contributed by atoms with Crippen molar-refractivity contribution in [3.63, 3.8) is 0 Å². The van der Waals surface area contributed by atoms with Crippen LogP contribution in [0.25, 0.3) is 0 Å². The molecule has 12 heteroatoms. The van der Waals surface area contributed by atoms with Gasteiger partial charge in [0, 0.05) is 16.8 Å². The smallest absolute Gasteiger partial charge is 0.416 e. The molecule has 298 valence electrons. The number of benzene rings is 6. The maximum Gasteiger partial charge on any atom is 0.416 e. The molecule has 2 amide bonds. The standard InChI is InChI=1S/C23H18F3NO3.C23H20F3NO/c24-23(25,26)18-11-8-15(9-12-18)6-7-16-10-13-19(22(29)30)20(14-16)27-21(28)17-4-2-1-3-5-17;1-16-7-8-18(10-9-17-11-13-20(14-12-17)23(24,25)26)15-21(16)27-22(28)19-5-3-2-4-6-19/h1-5,8-14H,6-7H2,(H,27,28)(H,29,30);2-8,11-15H,9-10H2,1H3,(H,27,28). The Balaban J connectivity index is 0.000000221. The van der Waals surface area contributed by atoms with Crippen LogP contribution in [0.15, 0.2) is 146 Å². The van der Waals surface area contributed by atoms with Gasteiger partial charge in [-0.05, 0) is 127 Å². The number of rotatable bonds is 11. The number of hydrogen-bond donors (Lipinski definition) is 3. The molecule has 0 unspecified atom stereocenters. The number of amides is 2. The van der Waals surface area contributed by atoms with Crippen LogP contribution in [0.4, 0.5) is 37.7 Å². The molecule has 0 fully saturated rings. The predicted octanol–water partition coefficient (Wildman–Crippen LogP) is 11.5. The molecule has 3 N–H and O–H groups in total. The molecule has 0 bridgehead atoms. The van der Waals surface area contributed by atoms with Crippen LogP contribution < -0.4 is 10.6 Å². The summed E-state index contributed by atoms with van der Waals surface area (Å²) in [5, 5.41) is 14.9. The Hall–Kier alpha value is -6.69. The lowest BCUT2D eigenvalue weighted by atomic mass is 10.0. The fourth-order valence-electron chi connectivity index (χ4n) is 5.86. The van der Waals surface area contributed by atoms with Gasteiger partial charge in [0.15, 0.2) is 0 Å². The van der Waals surface area contributed by atoms with E-state index in [-0.39, 0.29) is 17.2 Å². The third-order valence-electron chi connectivity index (χ3n) is 9.15. The number of carbonyl (C=O) groups excluding carboxylic acids is 2. The topological polar surface area (TPSA) is 95.5 Å². The molecule has 0 saturated heterocycles. The first-order valence-electron chi connectivity index (χ1n) is 18.1. The molecule has 6 aromatic carbocycles. The summed E-state index contributed by atoms with van der Waals surface area (Å²) < 4.78 is 75.9. The van der Waals surface area contributed by atoms with E-state index < -0.39 is 35.4 Å². The van der Waals surface area contributed by atoms with Crippen molar-refractivity contribution in [3.05, 3.63) is 201 Å². The highest BCUT2D eigenvalue weighted by Gasteiger charge is 2.30. The molecule has 58 heavy (non-hydrogen) atoms. The number of halogens is 6. The number of anilines is 2. The minimum Gasteiger partial charge on any atom is -0.478 e. The number of aromatic carboxylic acids is 1. The molecule has 0 spiro atoms. The van der Waals surface area contributed by atoms with Gasteiger partial charge in [-0.3, -0.25) is 9.59 Å². The van der Waals surface area contributed by atoms with Gasteiger partial charge in [0.25, 0.3) is 11.8 Å². The molecular formula is C46H38F6N2O4. The zero-order valence-corrected chi connectivity index (χ0v) is 31.1. The largest absolute Gasteiger partial charge is 0.478 e. The second kappa shape index (κ2) is 19.0. The van der Waals surface area contributed by atoms with Gasteiger partial charge in [-0.15, -0.1) is 0 Å². The molecule has 0 atom stereocenters. The van der Waals surface area contributed by atoms with Crippen molar-refractivity contribution in [2.24, 2.45) is 0 Å². The van der Waals surface area contributed by atoms with E-state index in [2.05, 4.69) is 10.6 Å². The molecule has 6 rings (SSSR count). The van der Waals surface area contributed by atoms with Gasteiger partial charge < -0.3 is 15.7 Å². The van der Waals surface area contributed by atoms with Gasteiger partial charge >= 0.3 is 18.3 Å². The summed E-state index contributed by atoms with van der Waals surface area (Å²) in [6, 6.07) is 38.0. The van der Waals surface area contributed by atoms with Gasteiger partial charge in [0.05, 0.1) is 22.4 Å². The fourth-order valence-corrected chi connectivity index (χ4v) is 5.86. The van der Waals surface area contributed by atoms with Crippen molar-refractivity contribution in [1.29, 1.82) is 0 Å². The van der Waals surface area contributed by atoms with Crippen LogP contribution in [-0.4, -0.2) is 22.9 Å². The average Bonchev–Trinajstić information content (AvgIpc) is 3.21. The van der Waals surface area contributed by atoms with E-state index >= 15 is 0 Å². The summed E-state index contributed by atoms with van der Waals surface area (Å²) in [6.07, 6.45) is -6.47. The highest BCUT2D eigenvalue weighted by atomic mass is 19.4. The van der Waals surface area contributed by atoms with Crippen molar-refractivity contribution < 1.29 is 45.8 Å². The quantitative estimate of drug-likeness (QED) is 0.114. The molecule has 6 aromatic rings. The van der Waals surface area contributed by atoms with Crippen molar-refractivity contribution in [1.82, 2.24) is 0 Å². The van der Waals surface area contributed by atoms with E-state index in [0.29, 0.717) is 36.8 Å². The zero-order valence-electron chi connectivity index (χ0n) is 31.1. The van der Waals surface area contributed by atoms with Crippen molar-refractivity contribution in [2.75, 3.05) is 10.6 Å². The molecule has 0 aliphatic heterocycles. The zero-order chi connectivity index (χ0) is 41.9. The normalized spacial score (nSPS) is 11.2. The predicted molar refractivity (Wildman–Crippen MR) is 211 cm³/mol. The second-order valence-corrected chi connectivity index (χ2v) is 13.4. The van der Waals surface area contributed by atoms with E-state index in [1.165, 1.54) is 30.3 Å². The average molecular weight is 797 g/mol. The van der Waals surface area contributed by atoms with Crippen LogP contribution in [0, 0.1) is 6.92 Å². The molecule has 0 aliphatic rings. The number of carboxylic acid groups (broad SMARTS) is 1.